The third-order valence-corrected chi connectivity index (χ3v) is 6.15. The summed E-state index contributed by atoms with van der Waals surface area (Å²) in [7, 11) is 1.75. The molecule has 1 saturated carbocycles. The predicted molar refractivity (Wildman–Crippen MR) is 118 cm³/mol. The average Bonchev–Trinajstić information content (AvgIpc) is 2.97. The summed E-state index contributed by atoms with van der Waals surface area (Å²) < 4.78 is 5.27. The Morgan fingerprint density at radius 2 is 1.83 bits per heavy atom. The number of guanidine groups is 1. The van der Waals surface area contributed by atoms with E-state index in [0.717, 1.165) is 51.5 Å². The number of hydrogen-bond acceptors (Lipinski definition) is 4. The van der Waals surface area contributed by atoms with Crippen LogP contribution in [-0.2, 0) is 4.74 Å². The van der Waals surface area contributed by atoms with Crippen LogP contribution in [0.3, 0.4) is 0 Å². The molecule has 7 nitrogen and oxygen atoms in total. The number of imide groups is 1. The molecule has 1 aliphatic heterocycles. The average molecular weight is 415 g/mol. The number of ether oxygens (including phenoxy) is 1. The molecule has 1 aliphatic carbocycles. The van der Waals surface area contributed by atoms with Crippen molar-refractivity contribution in [3.63, 3.8) is 0 Å². The van der Waals surface area contributed by atoms with Crippen molar-refractivity contribution >= 4 is 17.8 Å². The van der Waals surface area contributed by atoms with Crippen LogP contribution in [0.4, 0.5) is 0 Å². The van der Waals surface area contributed by atoms with Gasteiger partial charge in [0.15, 0.2) is 5.96 Å². The van der Waals surface area contributed by atoms with Crippen molar-refractivity contribution in [1.82, 2.24) is 15.5 Å². The minimum absolute atomic E-state index is 0.180. The molecule has 164 valence electrons. The molecule has 2 N–H and O–H groups in total. The smallest absolute Gasteiger partial charge is 0.261 e. The molecule has 1 heterocycles. The molecule has 1 aromatic carbocycles. The zero-order chi connectivity index (χ0) is 21.4. The summed E-state index contributed by atoms with van der Waals surface area (Å²) in [4.78, 5) is 31.0. The molecule has 30 heavy (non-hydrogen) atoms. The van der Waals surface area contributed by atoms with Crippen LogP contribution in [0.1, 0.15) is 66.2 Å². The number of benzene rings is 1. The number of carbonyl (C=O) groups is 2. The first-order valence-electron chi connectivity index (χ1n) is 11.1. The predicted octanol–water partition coefficient (Wildman–Crippen LogP) is 2.82. The Kier molecular flexibility index (Phi) is 7.85. The van der Waals surface area contributed by atoms with E-state index in [0.29, 0.717) is 23.1 Å². The van der Waals surface area contributed by atoms with Gasteiger partial charge in [-0.05, 0) is 56.6 Å². The largest absolute Gasteiger partial charge is 0.385 e. The number of fused-ring (bicyclic) bond motifs is 1. The SMILES string of the molecule is CCNC(=NCC1(CCOC)CCC1)NCCCCN1C(=O)c2ccccc2C1=O. The third-order valence-electron chi connectivity index (χ3n) is 6.15. The highest BCUT2D eigenvalue weighted by Gasteiger charge is 2.36. The first-order chi connectivity index (χ1) is 14.6. The fraction of sp³-hybridized carbons (Fsp3) is 0.609. The number of carbonyl (C=O) groups excluding carboxylic acids is 2. The Bertz CT molecular complexity index is 738. The summed E-state index contributed by atoms with van der Waals surface area (Å²) in [5.41, 5.74) is 1.32. The Morgan fingerprint density at radius 3 is 2.40 bits per heavy atom. The Hall–Kier alpha value is -2.41. The highest BCUT2D eigenvalue weighted by molar-refractivity contribution is 6.21. The summed E-state index contributed by atoms with van der Waals surface area (Å²) in [6, 6.07) is 7.03. The van der Waals surface area contributed by atoms with Crippen LogP contribution in [0.5, 0.6) is 0 Å². The van der Waals surface area contributed by atoms with Crippen molar-refractivity contribution in [3.05, 3.63) is 35.4 Å². The van der Waals surface area contributed by atoms with E-state index in [4.69, 9.17) is 9.73 Å². The first-order valence-corrected chi connectivity index (χ1v) is 11.1. The monoisotopic (exact) mass is 414 g/mol. The normalized spacial score (nSPS) is 17.7. The van der Waals surface area contributed by atoms with Crippen molar-refractivity contribution in [2.24, 2.45) is 10.4 Å². The van der Waals surface area contributed by atoms with E-state index in [-0.39, 0.29) is 11.8 Å². The second kappa shape index (κ2) is 10.6. The molecule has 0 saturated heterocycles. The fourth-order valence-corrected chi connectivity index (χ4v) is 4.11. The molecule has 1 aromatic rings. The number of unbranched alkanes of at least 4 members (excludes halogenated alkanes) is 1. The lowest BCUT2D eigenvalue weighted by Gasteiger charge is -2.40. The molecule has 7 heteroatoms. The van der Waals surface area contributed by atoms with Gasteiger partial charge in [-0.15, -0.1) is 0 Å². The molecule has 1 fully saturated rings. The van der Waals surface area contributed by atoms with E-state index in [2.05, 4.69) is 17.6 Å². The number of nitrogens with zero attached hydrogens (tertiary/aromatic N) is 2. The molecule has 0 spiro atoms. The summed E-state index contributed by atoms with van der Waals surface area (Å²) in [6.07, 6.45) is 6.40. The summed E-state index contributed by atoms with van der Waals surface area (Å²) >= 11 is 0. The minimum Gasteiger partial charge on any atom is -0.385 e. The van der Waals surface area contributed by atoms with Gasteiger partial charge in [0.2, 0.25) is 0 Å². The first kappa shape index (κ1) is 22.3. The number of amides is 2. The van der Waals surface area contributed by atoms with E-state index in [9.17, 15) is 9.59 Å². The van der Waals surface area contributed by atoms with Crippen LogP contribution in [0.15, 0.2) is 29.3 Å². The number of hydrogen-bond donors (Lipinski definition) is 2. The third kappa shape index (κ3) is 5.19. The Morgan fingerprint density at radius 1 is 1.13 bits per heavy atom. The lowest BCUT2D eigenvalue weighted by atomic mass is 9.67. The number of aliphatic imine (C=N–C) groups is 1. The maximum atomic E-state index is 12.4. The Labute approximate surface area is 179 Å². The van der Waals surface area contributed by atoms with Gasteiger partial charge in [-0.1, -0.05) is 18.6 Å². The molecular formula is C23H34N4O3. The zero-order valence-corrected chi connectivity index (χ0v) is 18.2. The van der Waals surface area contributed by atoms with Crippen LogP contribution in [0, 0.1) is 5.41 Å². The molecule has 0 radical (unpaired) electrons. The van der Waals surface area contributed by atoms with Crippen LogP contribution in [-0.4, -0.2) is 62.6 Å². The van der Waals surface area contributed by atoms with Gasteiger partial charge in [0, 0.05) is 39.9 Å². The van der Waals surface area contributed by atoms with Crippen molar-refractivity contribution in [2.75, 3.05) is 39.9 Å². The maximum absolute atomic E-state index is 12.4. The molecule has 0 aromatic heterocycles. The quantitative estimate of drug-likeness (QED) is 0.252. The molecule has 0 atom stereocenters. The number of rotatable bonds is 11. The minimum atomic E-state index is -0.180. The van der Waals surface area contributed by atoms with Gasteiger partial charge in [-0.25, -0.2) is 0 Å². The lowest BCUT2D eigenvalue weighted by Crippen LogP contribution is -2.40. The van der Waals surface area contributed by atoms with Gasteiger partial charge >= 0.3 is 0 Å². The van der Waals surface area contributed by atoms with Crippen LogP contribution in [0.25, 0.3) is 0 Å². The van der Waals surface area contributed by atoms with Crippen LogP contribution >= 0.6 is 0 Å². The van der Waals surface area contributed by atoms with Crippen LogP contribution < -0.4 is 10.6 Å². The van der Waals surface area contributed by atoms with E-state index >= 15 is 0 Å². The van der Waals surface area contributed by atoms with E-state index in [1.807, 2.05) is 0 Å². The van der Waals surface area contributed by atoms with Crippen LogP contribution in [0.2, 0.25) is 0 Å². The van der Waals surface area contributed by atoms with Gasteiger partial charge in [-0.2, -0.15) is 0 Å². The molecule has 2 aliphatic rings. The van der Waals surface area contributed by atoms with E-state index < -0.39 is 0 Å². The van der Waals surface area contributed by atoms with E-state index in [1.54, 1.807) is 31.4 Å². The van der Waals surface area contributed by atoms with Crippen molar-refractivity contribution < 1.29 is 14.3 Å². The van der Waals surface area contributed by atoms with Crippen molar-refractivity contribution in [3.8, 4) is 0 Å². The van der Waals surface area contributed by atoms with Gasteiger partial charge in [0.1, 0.15) is 0 Å². The summed E-state index contributed by atoms with van der Waals surface area (Å²) in [5.74, 6) is 0.475. The molecule has 3 rings (SSSR count). The molecular weight excluding hydrogens is 380 g/mol. The van der Waals surface area contributed by atoms with Gasteiger partial charge in [0.05, 0.1) is 11.1 Å². The van der Waals surface area contributed by atoms with Crippen molar-refractivity contribution in [1.29, 1.82) is 0 Å². The topological polar surface area (TPSA) is 83.0 Å². The van der Waals surface area contributed by atoms with Gasteiger partial charge in [0.25, 0.3) is 11.8 Å². The highest BCUT2D eigenvalue weighted by Crippen LogP contribution is 2.44. The molecule has 0 bridgehead atoms. The summed E-state index contributed by atoms with van der Waals surface area (Å²) in [6.45, 7) is 5.68. The molecule has 0 unspecified atom stereocenters. The molecule has 2 amide bonds. The lowest BCUT2D eigenvalue weighted by molar-refractivity contribution is 0.0651. The highest BCUT2D eigenvalue weighted by atomic mass is 16.5. The number of nitrogens with one attached hydrogen (secondary N) is 2. The Balaban J connectivity index is 1.42. The maximum Gasteiger partial charge on any atom is 0.261 e. The fourth-order valence-electron chi connectivity index (χ4n) is 4.11. The van der Waals surface area contributed by atoms with Crippen molar-refractivity contribution in [2.45, 2.75) is 45.4 Å². The zero-order valence-electron chi connectivity index (χ0n) is 18.2. The number of methoxy groups -OCH3 is 1. The second-order valence-corrected chi connectivity index (χ2v) is 8.23. The van der Waals surface area contributed by atoms with E-state index in [1.165, 1.54) is 24.2 Å². The van der Waals surface area contributed by atoms with Gasteiger partial charge in [-0.3, -0.25) is 19.5 Å². The van der Waals surface area contributed by atoms with Gasteiger partial charge < -0.3 is 15.4 Å². The standard InChI is InChI=1S/C23H34N4O3/c1-3-24-22(26-17-23(11-8-12-23)13-16-30-2)25-14-6-7-15-27-20(28)18-9-4-5-10-19(18)21(27)29/h4-5,9-10H,3,6-8,11-17H2,1-2H3,(H2,24,25,26). The second-order valence-electron chi connectivity index (χ2n) is 8.23. The summed E-state index contributed by atoms with van der Waals surface area (Å²) in [5, 5.41) is 6.69.